The highest BCUT2D eigenvalue weighted by atomic mass is 32.2. The summed E-state index contributed by atoms with van der Waals surface area (Å²) in [5.74, 6) is 0.354. The summed E-state index contributed by atoms with van der Waals surface area (Å²) in [6, 6.07) is 13.6. The molecule has 0 radical (unpaired) electrons. The smallest absolute Gasteiger partial charge is 0.250 e. The minimum absolute atomic E-state index is 0.115. The van der Waals surface area contributed by atoms with Gasteiger partial charge >= 0.3 is 0 Å². The molecule has 0 bridgehead atoms. The Kier molecular flexibility index (Phi) is 7.97. The second kappa shape index (κ2) is 10.7. The summed E-state index contributed by atoms with van der Waals surface area (Å²) in [6.07, 6.45) is 3.04. The van der Waals surface area contributed by atoms with E-state index in [9.17, 15) is 13.2 Å². The summed E-state index contributed by atoms with van der Waals surface area (Å²) in [4.78, 5) is 14.4. The number of carbonyl (C=O) groups is 1. The zero-order chi connectivity index (χ0) is 23.1. The van der Waals surface area contributed by atoms with E-state index in [0.29, 0.717) is 31.9 Å². The number of rotatable bonds is 6. The molecule has 2 N–H and O–H groups in total. The molecule has 0 saturated carbocycles. The van der Waals surface area contributed by atoms with E-state index >= 15 is 0 Å². The maximum Gasteiger partial charge on any atom is 0.250 e. The number of nitrogens with one attached hydrogen (secondary N) is 2. The SMILES string of the molecule is COc1ccc(C=CC(=O)NC(=S)Nc2ccc(S(=O)(=O)N3CCN(C)CC3)cc2)cc1. The first-order chi connectivity index (χ1) is 15.3. The average molecular weight is 475 g/mol. The fourth-order valence-electron chi connectivity index (χ4n) is 3.09. The van der Waals surface area contributed by atoms with Crippen LogP contribution in [0.1, 0.15) is 5.56 Å². The molecule has 1 heterocycles. The Morgan fingerprint density at radius 3 is 2.25 bits per heavy atom. The third-order valence-corrected chi connectivity index (χ3v) is 7.11. The molecule has 2 aromatic carbocycles. The van der Waals surface area contributed by atoms with Gasteiger partial charge < -0.3 is 15.0 Å². The average Bonchev–Trinajstić information content (AvgIpc) is 2.78. The van der Waals surface area contributed by atoms with Crippen molar-refractivity contribution in [2.45, 2.75) is 4.90 Å². The van der Waals surface area contributed by atoms with Crippen LogP contribution in [0.5, 0.6) is 5.75 Å². The first kappa shape index (κ1) is 23.9. The molecule has 32 heavy (non-hydrogen) atoms. The molecule has 0 aromatic heterocycles. The van der Waals surface area contributed by atoms with Crippen molar-refractivity contribution >= 4 is 45.0 Å². The van der Waals surface area contributed by atoms with Gasteiger partial charge in [-0.1, -0.05) is 12.1 Å². The van der Waals surface area contributed by atoms with Crippen molar-refractivity contribution in [1.29, 1.82) is 0 Å². The van der Waals surface area contributed by atoms with Gasteiger partial charge in [-0.05, 0) is 67.3 Å². The van der Waals surface area contributed by atoms with E-state index in [1.807, 2.05) is 19.2 Å². The fourth-order valence-corrected chi connectivity index (χ4v) is 4.73. The largest absolute Gasteiger partial charge is 0.497 e. The van der Waals surface area contributed by atoms with Gasteiger partial charge in [0.1, 0.15) is 5.75 Å². The lowest BCUT2D eigenvalue weighted by Gasteiger charge is -2.31. The van der Waals surface area contributed by atoms with E-state index in [0.717, 1.165) is 11.3 Å². The van der Waals surface area contributed by atoms with Crippen molar-refractivity contribution in [2.24, 2.45) is 0 Å². The van der Waals surface area contributed by atoms with Crippen molar-refractivity contribution in [2.75, 3.05) is 45.7 Å². The van der Waals surface area contributed by atoms with Crippen LogP contribution in [0.3, 0.4) is 0 Å². The van der Waals surface area contributed by atoms with Gasteiger partial charge in [0, 0.05) is 37.9 Å². The first-order valence-corrected chi connectivity index (χ1v) is 11.9. The van der Waals surface area contributed by atoms with Gasteiger partial charge in [0.15, 0.2) is 5.11 Å². The maximum absolute atomic E-state index is 12.8. The van der Waals surface area contributed by atoms with Crippen molar-refractivity contribution in [3.05, 3.63) is 60.2 Å². The number of sulfonamides is 1. The quantitative estimate of drug-likeness (QED) is 0.490. The summed E-state index contributed by atoms with van der Waals surface area (Å²) < 4.78 is 32.2. The highest BCUT2D eigenvalue weighted by Crippen LogP contribution is 2.19. The molecule has 170 valence electrons. The summed E-state index contributed by atoms with van der Waals surface area (Å²) in [5.41, 5.74) is 1.42. The number of thiocarbonyl (C=S) groups is 1. The highest BCUT2D eigenvalue weighted by molar-refractivity contribution is 7.89. The summed E-state index contributed by atoms with van der Waals surface area (Å²) in [7, 11) is 0.0341. The standard InChI is InChI=1S/C22H26N4O4S2/c1-25-13-15-26(16-14-25)32(28,29)20-10-6-18(7-11-20)23-22(31)24-21(27)12-5-17-3-8-19(30-2)9-4-17/h3-12H,13-16H2,1-2H3,(H2,23,24,27,31). The number of methoxy groups -OCH3 is 1. The lowest BCUT2D eigenvalue weighted by atomic mass is 10.2. The number of hydrogen-bond donors (Lipinski definition) is 2. The fraction of sp³-hybridized carbons (Fsp3) is 0.273. The van der Waals surface area contributed by atoms with Gasteiger partial charge in [-0.2, -0.15) is 4.31 Å². The van der Waals surface area contributed by atoms with Crippen LogP contribution in [-0.4, -0.2) is 69.0 Å². The van der Waals surface area contributed by atoms with Crippen LogP contribution in [0.4, 0.5) is 5.69 Å². The molecular formula is C22H26N4O4S2. The highest BCUT2D eigenvalue weighted by Gasteiger charge is 2.27. The monoisotopic (exact) mass is 474 g/mol. The topological polar surface area (TPSA) is 91.0 Å². The van der Waals surface area contributed by atoms with Gasteiger partial charge in [0.25, 0.3) is 0 Å². The molecule has 0 spiro atoms. The summed E-state index contributed by atoms with van der Waals surface area (Å²) in [5, 5.41) is 5.56. The first-order valence-electron chi connectivity index (χ1n) is 10.0. The normalized spacial score (nSPS) is 15.4. The second-order valence-corrected chi connectivity index (χ2v) is 9.63. The van der Waals surface area contributed by atoms with Crippen LogP contribution in [-0.2, 0) is 14.8 Å². The molecule has 2 aromatic rings. The Morgan fingerprint density at radius 2 is 1.66 bits per heavy atom. The van der Waals surface area contributed by atoms with Crippen LogP contribution < -0.4 is 15.4 Å². The van der Waals surface area contributed by atoms with E-state index in [1.54, 1.807) is 37.5 Å². The van der Waals surface area contributed by atoms with Crippen LogP contribution >= 0.6 is 12.2 Å². The molecule has 1 aliphatic rings. The molecule has 0 aliphatic carbocycles. The van der Waals surface area contributed by atoms with E-state index < -0.39 is 10.0 Å². The number of piperazine rings is 1. The summed E-state index contributed by atoms with van der Waals surface area (Å²) in [6.45, 7) is 2.36. The molecular weight excluding hydrogens is 448 g/mol. The van der Waals surface area contributed by atoms with Gasteiger partial charge in [-0.3, -0.25) is 10.1 Å². The number of amides is 1. The Balaban J connectivity index is 1.53. The van der Waals surface area contributed by atoms with Crippen LogP contribution in [0.15, 0.2) is 59.5 Å². The van der Waals surface area contributed by atoms with Crippen molar-refractivity contribution < 1.29 is 17.9 Å². The van der Waals surface area contributed by atoms with Crippen LogP contribution in [0.2, 0.25) is 0 Å². The second-order valence-electron chi connectivity index (χ2n) is 7.28. The zero-order valence-electron chi connectivity index (χ0n) is 17.9. The van der Waals surface area contributed by atoms with Crippen molar-refractivity contribution in [1.82, 2.24) is 14.5 Å². The minimum Gasteiger partial charge on any atom is -0.497 e. The minimum atomic E-state index is -3.53. The number of likely N-dealkylation sites (N-methyl/N-ethyl adjacent to an activating group) is 1. The predicted octanol–water partition coefficient (Wildman–Crippen LogP) is 2.16. The van der Waals surface area contributed by atoms with Gasteiger partial charge in [0.05, 0.1) is 12.0 Å². The van der Waals surface area contributed by atoms with Crippen molar-refractivity contribution in [3.8, 4) is 5.75 Å². The van der Waals surface area contributed by atoms with E-state index in [1.165, 1.54) is 22.5 Å². The molecule has 10 heteroatoms. The molecule has 1 saturated heterocycles. The van der Waals surface area contributed by atoms with E-state index in [2.05, 4.69) is 15.5 Å². The molecule has 1 amide bonds. The summed E-state index contributed by atoms with van der Waals surface area (Å²) >= 11 is 5.17. The number of anilines is 1. The number of hydrogen-bond acceptors (Lipinski definition) is 6. The Labute approximate surface area is 193 Å². The lowest BCUT2D eigenvalue weighted by molar-refractivity contribution is -0.115. The number of ether oxygens (including phenoxy) is 1. The number of nitrogens with zero attached hydrogens (tertiary/aromatic N) is 2. The zero-order valence-corrected chi connectivity index (χ0v) is 19.6. The number of carbonyl (C=O) groups excluding carboxylic acids is 1. The molecule has 0 atom stereocenters. The van der Waals surface area contributed by atoms with Crippen molar-refractivity contribution in [3.63, 3.8) is 0 Å². The molecule has 1 aliphatic heterocycles. The molecule has 1 fully saturated rings. The molecule has 3 rings (SSSR count). The predicted molar refractivity (Wildman–Crippen MR) is 129 cm³/mol. The Bertz CT molecular complexity index is 1080. The van der Waals surface area contributed by atoms with E-state index in [-0.39, 0.29) is 15.9 Å². The molecule has 0 unspecified atom stereocenters. The third-order valence-electron chi connectivity index (χ3n) is 4.99. The Hall–Kier alpha value is -2.79. The van der Waals surface area contributed by atoms with Crippen LogP contribution in [0.25, 0.3) is 6.08 Å². The number of benzene rings is 2. The third kappa shape index (κ3) is 6.36. The van der Waals surface area contributed by atoms with E-state index in [4.69, 9.17) is 17.0 Å². The van der Waals surface area contributed by atoms with Gasteiger partial charge in [0.2, 0.25) is 15.9 Å². The van der Waals surface area contributed by atoms with Crippen LogP contribution in [0, 0.1) is 0 Å². The Morgan fingerprint density at radius 1 is 1.03 bits per heavy atom. The maximum atomic E-state index is 12.8. The lowest BCUT2D eigenvalue weighted by Crippen LogP contribution is -2.46. The molecule has 8 nitrogen and oxygen atoms in total. The van der Waals surface area contributed by atoms with Gasteiger partial charge in [-0.15, -0.1) is 0 Å². The van der Waals surface area contributed by atoms with Gasteiger partial charge in [-0.25, -0.2) is 8.42 Å².